The van der Waals surface area contributed by atoms with E-state index >= 15 is 0 Å². The quantitative estimate of drug-likeness (QED) is 0.479. The molecule has 0 amide bonds. The van der Waals surface area contributed by atoms with E-state index in [9.17, 15) is 25.2 Å². The molecule has 0 bridgehead atoms. The summed E-state index contributed by atoms with van der Waals surface area (Å²) in [5, 5.41) is 41.1. The number of Topliss-reactive ketones (excluding diaryl/α,β-unsaturated/α-hetero) is 1. The fourth-order valence-electron chi connectivity index (χ4n) is 4.46. The predicted octanol–water partition coefficient (Wildman–Crippen LogP) is 1.26. The van der Waals surface area contributed by atoms with Gasteiger partial charge in [-0.2, -0.15) is 0 Å². The average Bonchev–Trinajstić information content (AvgIpc) is 3.29. The van der Waals surface area contributed by atoms with Gasteiger partial charge < -0.3 is 25.2 Å². The monoisotopic (exact) mass is 370 g/mol. The van der Waals surface area contributed by atoms with Crippen LogP contribution in [-0.4, -0.2) is 57.4 Å². The fraction of sp³-hybridized carbons (Fsp3) is 0.850. The molecule has 2 rings (SSSR count). The third kappa shape index (κ3) is 4.04. The highest BCUT2D eigenvalue weighted by Crippen LogP contribution is 2.60. The van der Waals surface area contributed by atoms with E-state index in [2.05, 4.69) is 13.0 Å². The smallest absolute Gasteiger partial charge is 0.167 e. The third-order valence-corrected chi connectivity index (χ3v) is 6.54. The van der Waals surface area contributed by atoms with Crippen molar-refractivity contribution in [1.29, 1.82) is 0 Å². The summed E-state index contributed by atoms with van der Waals surface area (Å²) in [4.78, 5) is 12.9. The van der Waals surface area contributed by atoms with E-state index in [0.717, 1.165) is 6.42 Å². The van der Waals surface area contributed by atoms with Crippen molar-refractivity contribution >= 4 is 5.78 Å². The SMILES string of the molecule is C/C=C\[C@H](C)[C@H]1C[C@]1(C)[C@@H](O)[C@@H](CO)C(=O)[C@H]1COC(O)(CC)C[C@@H]1O. The first-order chi connectivity index (χ1) is 12.1. The summed E-state index contributed by atoms with van der Waals surface area (Å²) in [6.07, 6.45) is 3.11. The molecule has 0 aromatic rings. The summed E-state index contributed by atoms with van der Waals surface area (Å²) < 4.78 is 5.39. The van der Waals surface area contributed by atoms with Crippen LogP contribution in [0.5, 0.6) is 0 Å². The molecule has 0 spiro atoms. The van der Waals surface area contributed by atoms with Gasteiger partial charge in [-0.3, -0.25) is 4.79 Å². The van der Waals surface area contributed by atoms with Crippen LogP contribution in [0.4, 0.5) is 0 Å². The van der Waals surface area contributed by atoms with Crippen molar-refractivity contribution < 1.29 is 30.0 Å². The second-order valence-electron chi connectivity index (χ2n) is 8.33. The zero-order valence-electron chi connectivity index (χ0n) is 16.3. The van der Waals surface area contributed by atoms with E-state index in [1.54, 1.807) is 6.92 Å². The van der Waals surface area contributed by atoms with Crippen molar-refractivity contribution in [2.45, 2.75) is 65.0 Å². The fourth-order valence-corrected chi connectivity index (χ4v) is 4.46. The summed E-state index contributed by atoms with van der Waals surface area (Å²) in [6, 6.07) is 0. The number of aliphatic hydroxyl groups excluding tert-OH is 3. The molecule has 26 heavy (non-hydrogen) atoms. The minimum absolute atomic E-state index is 0.0492. The van der Waals surface area contributed by atoms with Crippen LogP contribution in [0.1, 0.15) is 47.0 Å². The van der Waals surface area contributed by atoms with E-state index in [1.807, 2.05) is 19.9 Å². The Labute approximate surface area is 155 Å². The van der Waals surface area contributed by atoms with E-state index in [0.29, 0.717) is 6.42 Å². The molecule has 1 saturated heterocycles. The summed E-state index contributed by atoms with van der Waals surface area (Å²) >= 11 is 0. The zero-order chi connectivity index (χ0) is 19.7. The highest BCUT2D eigenvalue weighted by molar-refractivity contribution is 5.85. The average molecular weight is 370 g/mol. The van der Waals surface area contributed by atoms with Gasteiger partial charge in [-0.05, 0) is 37.0 Å². The third-order valence-electron chi connectivity index (χ3n) is 6.54. The lowest BCUT2D eigenvalue weighted by Gasteiger charge is -2.40. The van der Waals surface area contributed by atoms with Crippen molar-refractivity contribution in [2.75, 3.05) is 13.2 Å². The van der Waals surface area contributed by atoms with Crippen molar-refractivity contribution in [3.05, 3.63) is 12.2 Å². The number of hydrogen-bond donors (Lipinski definition) is 4. The molecule has 1 aliphatic carbocycles. The van der Waals surface area contributed by atoms with Crippen LogP contribution in [0, 0.1) is 29.1 Å². The molecule has 2 fully saturated rings. The second-order valence-corrected chi connectivity index (χ2v) is 8.33. The van der Waals surface area contributed by atoms with E-state index in [-0.39, 0.29) is 24.9 Å². The van der Waals surface area contributed by atoms with Crippen LogP contribution in [-0.2, 0) is 9.53 Å². The molecule has 1 heterocycles. The number of rotatable bonds is 8. The maximum absolute atomic E-state index is 12.9. The number of ether oxygens (including phenoxy) is 1. The first-order valence-electron chi connectivity index (χ1n) is 9.63. The summed E-state index contributed by atoms with van der Waals surface area (Å²) in [6.45, 7) is 7.15. The Morgan fingerprint density at radius 3 is 2.54 bits per heavy atom. The molecule has 0 radical (unpaired) electrons. The number of carbonyl (C=O) groups excluding carboxylic acids is 1. The van der Waals surface area contributed by atoms with Gasteiger partial charge in [0, 0.05) is 6.42 Å². The Hall–Kier alpha value is -0.790. The van der Waals surface area contributed by atoms with Crippen molar-refractivity contribution in [1.82, 2.24) is 0 Å². The maximum atomic E-state index is 12.9. The normalized spacial score (nSPS) is 41.0. The Kier molecular flexibility index (Phi) is 6.67. The van der Waals surface area contributed by atoms with Gasteiger partial charge >= 0.3 is 0 Å². The Balaban J connectivity index is 2.07. The van der Waals surface area contributed by atoms with Crippen molar-refractivity contribution in [2.24, 2.45) is 29.1 Å². The highest BCUT2D eigenvalue weighted by atomic mass is 16.6. The predicted molar refractivity (Wildman–Crippen MR) is 97.1 cm³/mol. The number of hydrogen-bond acceptors (Lipinski definition) is 6. The molecule has 1 aliphatic heterocycles. The molecule has 6 nitrogen and oxygen atoms in total. The first kappa shape index (κ1) is 21.5. The van der Waals surface area contributed by atoms with Gasteiger partial charge in [0.1, 0.15) is 5.78 Å². The molecule has 2 aliphatic rings. The molecule has 0 aromatic heterocycles. The molecule has 8 atom stereocenters. The van der Waals surface area contributed by atoms with Gasteiger partial charge in [-0.25, -0.2) is 0 Å². The number of aliphatic hydroxyl groups is 4. The molecule has 1 unspecified atom stereocenters. The van der Waals surface area contributed by atoms with Crippen molar-refractivity contribution in [3.8, 4) is 0 Å². The van der Waals surface area contributed by atoms with E-state index in [1.165, 1.54) is 0 Å². The molecule has 6 heteroatoms. The summed E-state index contributed by atoms with van der Waals surface area (Å²) in [7, 11) is 0. The molecule has 4 N–H and O–H groups in total. The van der Waals surface area contributed by atoms with Crippen LogP contribution < -0.4 is 0 Å². The second kappa shape index (κ2) is 8.07. The molecular weight excluding hydrogens is 336 g/mol. The highest BCUT2D eigenvalue weighted by Gasteiger charge is 2.59. The standard InChI is InChI=1S/C20H34O6/c1-5-7-12(3)15-8-19(15,4)18(24)13(10-21)17(23)14-11-26-20(25,6-2)9-16(14)22/h5,7,12-16,18,21-22,24-25H,6,8-11H2,1-4H3/b7-5-/t12-,13-,14-,15+,16-,18-,19-,20?/m0/s1. The summed E-state index contributed by atoms with van der Waals surface area (Å²) in [5.74, 6) is -3.07. The molecule has 0 aromatic carbocycles. The van der Waals surface area contributed by atoms with Crippen LogP contribution in [0.2, 0.25) is 0 Å². The van der Waals surface area contributed by atoms with Gasteiger partial charge in [-0.15, -0.1) is 0 Å². The zero-order valence-corrected chi connectivity index (χ0v) is 16.3. The minimum Gasteiger partial charge on any atom is -0.396 e. The van der Waals surface area contributed by atoms with Crippen LogP contribution in [0.25, 0.3) is 0 Å². The Morgan fingerprint density at radius 1 is 1.38 bits per heavy atom. The molecule has 1 saturated carbocycles. The maximum Gasteiger partial charge on any atom is 0.167 e. The lowest BCUT2D eigenvalue weighted by atomic mass is 9.77. The van der Waals surface area contributed by atoms with Gasteiger partial charge in [-0.1, -0.05) is 32.9 Å². The van der Waals surface area contributed by atoms with E-state index in [4.69, 9.17) is 4.74 Å². The van der Waals surface area contributed by atoms with Gasteiger partial charge in [0.2, 0.25) is 0 Å². The minimum atomic E-state index is -1.42. The summed E-state index contributed by atoms with van der Waals surface area (Å²) in [5.41, 5.74) is -0.424. The lowest BCUT2D eigenvalue weighted by molar-refractivity contribution is -0.258. The topological polar surface area (TPSA) is 107 Å². The number of ketones is 1. The van der Waals surface area contributed by atoms with Crippen LogP contribution >= 0.6 is 0 Å². The Bertz CT molecular complexity index is 534. The van der Waals surface area contributed by atoms with E-state index < -0.39 is 47.6 Å². The van der Waals surface area contributed by atoms with Crippen LogP contribution in [0.15, 0.2) is 12.2 Å². The first-order valence-corrected chi connectivity index (χ1v) is 9.63. The largest absolute Gasteiger partial charge is 0.396 e. The van der Waals surface area contributed by atoms with Gasteiger partial charge in [0.25, 0.3) is 0 Å². The Morgan fingerprint density at radius 2 is 2.04 bits per heavy atom. The number of allylic oxidation sites excluding steroid dienone is 2. The number of carbonyl (C=O) groups is 1. The molecule has 150 valence electrons. The van der Waals surface area contributed by atoms with Crippen molar-refractivity contribution in [3.63, 3.8) is 0 Å². The van der Waals surface area contributed by atoms with Gasteiger partial charge in [0.15, 0.2) is 5.79 Å². The van der Waals surface area contributed by atoms with Crippen LogP contribution in [0.3, 0.4) is 0 Å². The lowest BCUT2D eigenvalue weighted by Crippen LogP contribution is -2.52. The molecular formula is C20H34O6. The van der Waals surface area contributed by atoms with Gasteiger partial charge in [0.05, 0.1) is 37.3 Å².